The number of sulfonamides is 2. The van der Waals surface area contributed by atoms with E-state index in [1.165, 1.54) is 28.6 Å². The van der Waals surface area contributed by atoms with Gasteiger partial charge in [-0.15, -0.1) is 0 Å². The van der Waals surface area contributed by atoms with Crippen LogP contribution in [0.15, 0.2) is 58.3 Å². The molecule has 146 valence electrons. The van der Waals surface area contributed by atoms with Crippen molar-refractivity contribution < 1.29 is 16.8 Å². The normalized spacial score (nSPS) is 17.0. The second-order valence-corrected chi connectivity index (χ2v) is 10.7. The molecule has 8 heteroatoms. The summed E-state index contributed by atoms with van der Waals surface area (Å²) < 4.78 is 54.8. The van der Waals surface area contributed by atoms with Gasteiger partial charge in [-0.25, -0.2) is 16.8 Å². The molecule has 1 fully saturated rings. The molecule has 1 heterocycles. The maximum atomic E-state index is 12.9. The van der Waals surface area contributed by atoms with Crippen LogP contribution in [0.4, 0.5) is 5.69 Å². The van der Waals surface area contributed by atoms with Crippen molar-refractivity contribution in [3.05, 3.63) is 54.1 Å². The Morgan fingerprint density at radius 3 is 2.19 bits per heavy atom. The standard InChI is InChI=1S/C19H24N2O4S2/c1-15-6-8-18(9-7-15)26(22,23)20-17-4-3-5-19(14-17)27(24,25)21-12-10-16(2)11-13-21/h3-9,14,16,20H,10-13H2,1-2H3. The zero-order valence-electron chi connectivity index (χ0n) is 15.4. The number of aryl methyl sites for hydroxylation is 1. The minimum Gasteiger partial charge on any atom is -0.280 e. The molecule has 0 bridgehead atoms. The van der Waals surface area contributed by atoms with E-state index < -0.39 is 20.0 Å². The van der Waals surface area contributed by atoms with Crippen molar-refractivity contribution >= 4 is 25.7 Å². The summed E-state index contributed by atoms with van der Waals surface area (Å²) >= 11 is 0. The predicted molar refractivity (Wildman–Crippen MR) is 106 cm³/mol. The van der Waals surface area contributed by atoms with Crippen molar-refractivity contribution in [3.63, 3.8) is 0 Å². The van der Waals surface area contributed by atoms with Gasteiger partial charge >= 0.3 is 0 Å². The fourth-order valence-corrected chi connectivity index (χ4v) is 5.59. The Kier molecular flexibility index (Phi) is 5.60. The first-order valence-corrected chi connectivity index (χ1v) is 11.8. The van der Waals surface area contributed by atoms with Gasteiger partial charge in [0.2, 0.25) is 10.0 Å². The third-order valence-corrected chi connectivity index (χ3v) is 8.09. The number of benzene rings is 2. The van der Waals surface area contributed by atoms with Gasteiger partial charge in [-0.05, 0) is 56.0 Å². The number of anilines is 1. The number of piperidine rings is 1. The van der Waals surface area contributed by atoms with Gasteiger partial charge in [0.05, 0.1) is 15.5 Å². The minimum atomic E-state index is -3.78. The average molecular weight is 409 g/mol. The first-order valence-electron chi connectivity index (χ1n) is 8.88. The Labute approximate surface area is 161 Å². The van der Waals surface area contributed by atoms with Crippen molar-refractivity contribution in [1.29, 1.82) is 0 Å². The Hall–Kier alpha value is -1.90. The van der Waals surface area contributed by atoms with Crippen LogP contribution >= 0.6 is 0 Å². The zero-order valence-corrected chi connectivity index (χ0v) is 17.1. The second kappa shape index (κ2) is 7.61. The van der Waals surface area contributed by atoms with E-state index in [-0.39, 0.29) is 15.5 Å². The summed E-state index contributed by atoms with van der Waals surface area (Å²) in [5.74, 6) is 0.518. The molecule has 27 heavy (non-hydrogen) atoms. The van der Waals surface area contributed by atoms with Crippen LogP contribution < -0.4 is 4.72 Å². The number of rotatable bonds is 5. The number of hydrogen-bond donors (Lipinski definition) is 1. The molecular weight excluding hydrogens is 384 g/mol. The van der Waals surface area contributed by atoms with E-state index in [0.29, 0.717) is 19.0 Å². The Bertz CT molecular complexity index is 1010. The van der Waals surface area contributed by atoms with Gasteiger partial charge in [0, 0.05) is 13.1 Å². The fraction of sp³-hybridized carbons (Fsp3) is 0.368. The van der Waals surface area contributed by atoms with Crippen molar-refractivity contribution in [2.75, 3.05) is 17.8 Å². The van der Waals surface area contributed by atoms with Crippen LogP contribution in [-0.2, 0) is 20.0 Å². The summed E-state index contributed by atoms with van der Waals surface area (Å²) in [6.07, 6.45) is 1.66. The van der Waals surface area contributed by atoms with Crippen LogP contribution in [0.1, 0.15) is 25.3 Å². The third-order valence-electron chi connectivity index (χ3n) is 4.80. The third kappa shape index (κ3) is 4.51. The van der Waals surface area contributed by atoms with Crippen molar-refractivity contribution in [1.82, 2.24) is 4.31 Å². The van der Waals surface area contributed by atoms with Crippen molar-refractivity contribution in [3.8, 4) is 0 Å². The molecule has 0 amide bonds. The topological polar surface area (TPSA) is 83.5 Å². The molecule has 0 aromatic heterocycles. The molecule has 1 aliphatic rings. The quantitative estimate of drug-likeness (QED) is 0.823. The molecule has 1 aliphatic heterocycles. The molecule has 2 aromatic rings. The lowest BCUT2D eigenvalue weighted by Crippen LogP contribution is -2.37. The number of nitrogens with one attached hydrogen (secondary N) is 1. The van der Waals surface area contributed by atoms with E-state index in [9.17, 15) is 16.8 Å². The highest BCUT2D eigenvalue weighted by Crippen LogP contribution is 2.26. The van der Waals surface area contributed by atoms with Crippen molar-refractivity contribution in [2.24, 2.45) is 5.92 Å². The highest BCUT2D eigenvalue weighted by atomic mass is 32.2. The van der Waals surface area contributed by atoms with Crippen LogP contribution in [0.3, 0.4) is 0 Å². The molecule has 0 aliphatic carbocycles. The van der Waals surface area contributed by atoms with Crippen LogP contribution in [-0.4, -0.2) is 34.2 Å². The maximum absolute atomic E-state index is 12.9. The molecule has 6 nitrogen and oxygen atoms in total. The summed E-state index contributed by atoms with van der Waals surface area (Å²) in [5, 5.41) is 0. The fourth-order valence-electron chi connectivity index (χ4n) is 3.03. The maximum Gasteiger partial charge on any atom is 0.261 e. The smallest absolute Gasteiger partial charge is 0.261 e. The van der Waals surface area contributed by atoms with E-state index in [1.807, 2.05) is 6.92 Å². The first-order chi connectivity index (χ1) is 12.7. The number of nitrogens with zero attached hydrogens (tertiary/aromatic N) is 1. The monoisotopic (exact) mass is 408 g/mol. The molecule has 0 radical (unpaired) electrons. The first kappa shape index (κ1) is 19.9. The van der Waals surface area contributed by atoms with E-state index in [1.54, 1.807) is 24.3 Å². The lowest BCUT2D eigenvalue weighted by Gasteiger charge is -2.29. The summed E-state index contributed by atoms with van der Waals surface area (Å²) in [5.41, 5.74) is 1.18. The van der Waals surface area contributed by atoms with Gasteiger partial charge in [-0.2, -0.15) is 4.31 Å². The highest BCUT2D eigenvalue weighted by molar-refractivity contribution is 7.92. The zero-order chi connectivity index (χ0) is 19.7. The molecule has 0 saturated carbocycles. The summed E-state index contributed by atoms with van der Waals surface area (Å²) in [7, 11) is -7.42. The molecule has 2 aromatic carbocycles. The number of hydrogen-bond acceptors (Lipinski definition) is 4. The minimum absolute atomic E-state index is 0.0983. The van der Waals surface area contributed by atoms with Crippen molar-refractivity contribution in [2.45, 2.75) is 36.5 Å². The van der Waals surface area contributed by atoms with E-state index in [0.717, 1.165) is 18.4 Å². The molecular formula is C19H24N2O4S2. The largest absolute Gasteiger partial charge is 0.280 e. The van der Waals surface area contributed by atoms with Crippen LogP contribution in [0, 0.1) is 12.8 Å². The van der Waals surface area contributed by atoms with E-state index in [2.05, 4.69) is 11.6 Å². The van der Waals surface area contributed by atoms with Crippen LogP contribution in [0.25, 0.3) is 0 Å². The van der Waals surface area contributed by atoms with Gasteiger partial charge in [-0.1, -0.05) is 30.7 Å². The Balaban J connectivity index is 1.84. The Morgan fingerprint density at radius 2 is 1.56 bits per heavy atom. The molecule has 0 unspecified atom stereocenters. The van der Waals surface area contributed by atoms with Gasteiger partial charge in [0.25, 0.3) is 10.0 Å². The van der Waals surface area contributed by atoms with Gasteiger partial charge in [-0.3, -0.25) is 4.72 Å². The summed E-state index contributed by atoms with van der Waals surface area (Å²) in [6.45, 7) is 4.97. The lowest BCUT2D eigenvalue weighted by atomic mass is 10.0. The highest BCUT2D eigenvalue weighted by Gasteiger charge is 2.28. The second-order valence-electron chi connectivity index (χ2n) is 7.03. The average Bonchev–Trinajstić information content (AvgIpc) is 2.62. The molecule has 0 atom stereocenters. The predicted octanol–water partition coefficient (Wildman–Crippen LogP) is 3.22. The van der Waals surface area contributed by atoms with Crippen LogP contribution in [0.5, 0.6) is 0 Å². The molecule has 3 rings (SSSR count). The summed E-state index contributed by atoms with van der Waals surface area (Å²) in [4.78, 5) is 0.229. The summed E-state index contributed by atoms with van der Waals surface area (Å²) in [6, 6.07) is 12.4. The SMILES string of the molecule is Cc1ccc(S(=O)(=O)Nc2cccc(S(=O)(=O)N3CCC(C)CC3)c2)cc1. The molecule has 1 N–H and O–H groups in total. The molecule has 1 saturated heterocycles. The van der Waals surface area contributed by atoms with Gasteiger partial charge in [0.1, 0.15) is 0 Å². The molecule has 0 spiro atoms. The Morgan fingerprint density at radius 1 is 0.926 bits per heavy atom. The van der Waals surface area contributed by atoms with Crippen LogP contribution in [0.2, 0.25) is 0 Å². The lowest BCUT2D eigenvalue weighted by molar-refractivity contribution is 0.288. The van der Waals surface area contributed by atoms with E-state index >= 15 is 0 Å². The van der Waals surface area contributed by atoms with E-state index in [4.69, 9.17) is 0 Å². The van der Waals surface area contributed by atoms with Gasteiger partial charge < -0.3 is 0 Å². The van der Waals surface area contributed by atoms with Gasteiger partial charge in [0.15, 0.2) is 0 Å².